The Hall–Kier alpha value is -1.85. The number of hydrogen-bond donors (Lipinski definition) is 3. The molecule has 0 aliphatic rings. The minimum atomic E-state index is 0.613. The number of nitrogens with one attached hydrogen (secondary N) is 3. The third kappa shape index (κ3) is 1.42. The zero-order valence-electron chi connectivity index (χ0n) is 6.28. The second-order valence-corrected chi connectivity index (χ2v) is 2.22. The van der Waals surface area contributed by atoms with Gasteiger partial charge in [-0.2, -0.15) is 5.10 Å². The summed E-state index contributed by atoms with van der Waals surface area (Å²) < 4.78 is 0. The highest BCUT2D eigenvalue weighted by molar-refractivity contribution is 5.20. The van der Waals surface area contributed by atoms with Crippen molar-refractivity contribution >= 4 is 5.95 Å². The molecule has 6 nitrogen and oxygen atoms in total. The summed E-state index contributed by atoms with van der Waals surface area (Å²) in [6, 6.07) is 0. The van der Waals surface area contributed by atoms with E-state index in [9.17, 15) is 0 Å². The number of imidazole rings is 1. The molecule has 0 bridgehead atoms. The maximum absolute atomic E-state index is 4.04. The van der Waals surface area contributed by atoms with E-state index in [1.54, 1.807) is 12.4 Å². The van der Waals surface area contributed by atoms with Crippen molar-refractivity contribution in [1.29, 1.82) is 0 Å². The second-order valence-electron chi connectivity index (χ2n) is 2.22. The summed E-state index contributed by atoms with van der Waals surface area (Å²) in [6.45, 7) is 0.613. The molecule has 0 unspecified atom stereocenters. The van der Waals surface area contributed by atoms with Crippen molar-refractivity contribution in [1.82, 2.24) is 25.1 Å². The largest absolute Gasteiger partial charge is 0.347 e. The predicted molar refractivity (Wildman–Crippen MR) is 42.3 cm³/mol. The van der Waals surface area contributed by atoms with Crippen LogP contribution in [0.4, 0.5) is 5.95 Å². The molecule has 0 aromatic carbocycles. The van der Waals surface area contributed by atoms with E-state index in [0.717, 1.165) is 5.82 Å². The highest BCUT2D eigenvalue weighted by atomic mass is 15.3. The van der Waals surface area contributed by atoms with E-state index in [4.69, 9.17) is 0 Å². The smallest absolute Gasteiger partial charge is 0.218 e. The number of rotatable bonds is 3. The Balaban J connectivity index is 1.91. The van der Waals surface area contributed by atoms with Crippen molar-refractivity contribution in [2.45, 2.75) is 6.54 Å². The van der Waals surface area contributed by atoms with Crippen LogP contribution < -0.4 is 5.32 Å². The second kappa shape index (κ2) is 3.04. The lowest BCUT2D eigenvalue weighted by atomic mass is 10.6. The standard InChI is InChI=1S/C6H8N6/c1-2-8-5(7-1)3-9-6-10-4-11-12-6/h1-2,4H,3H2,(H,7,8)(H2,9,10,11,12). The fraction of sp³-hybridized carbons (Fsp3) is 0.167. The van der Waals surface area contributed by atoms with Gasteiger partial charge in [0.15, 0.2) is 0 Å². The molecule has 0 saturated carbocycles. The van der Waals surface area contributed by atoms with Crippen molar-refractivity contribution in [2.75, 3.05) is 5.32 Å². The van der Waals surface area contributed by atoms with Crippen molar-refractivity contribution in [2.24, 2.45) is 0 Å². The number of aromatic amines is 2. The van der Waals surface area contributed by atoms with E-state index in [1.807, 2.05) is 0 Å². The lowest BCUT2D eigenvalue weighted by Gasteiger charge is -1.97. The molecule has 0 aliphatic heterocycles. The van der Waals surface area contributed by atoms with E-state index in [-0.39, 0.29) is 0 Å². The molecule has 2 aromatic rings. The first-order chi connectivity index (χ1) is 5.95. The number of H-pyrrole nitrogens is 2. The molecule has 0 radical (unpaired) electrons. The van der Waals surface area contributed by atoms with Gasteiger partial charge in [0.2, 0.25) is 5.95 Å². The average molecular weight is 164 g/mol. The van der Waals surface area contributed by atoms with Crippen molar-refractivity contribution in [3.05, 3.63) is 24.5 Å². The summed E-state index contributed by atoms with van der Waals surface area (Å²) in [4.78, 5) is 10.9. The molecule has 0 fully saturated rings. The van der Waals surface area contributed by atoms with E-state index < -0.39 is 0 Å². The Morgan fingerprint density at radius 2 is 2.42 bits per heavy atom. The van der Waals surface area contributed by atoms with Crippen LogP contribution in [0.15, 0.2) is 18.7 Å². The molecule has 6 heteroatoms. The maximum atomic E-state index is 4.04. The molecule has 12 heavy (non-hydrogen) atoms. The quantitative estimate of drug-likeness (QED) is 0.602. The first-order valence-electron chi connectivity index (χ1n) is 3.52. The summed E-state index contributed by atoms with van der Waals surface area (Å²) in [5.41, 5.74) is 0. The monoisotopic (exact) mass is 164 g/mol. The molecule has 0 aliphatic carbocycles. The van der Waals surface area contributed by atoms with Crippen LogP contribution >= 0.6 is 0 Å². The first kappa shape index (κ1) is 6.84. The fourth-order valence-corrected chi connectivity index (χ4v) is 0.853. The van der Waals surface area contributed by atoms with Crippen LogP contribution in [0.1, 0.15) is 5.82 Å². The van der Waals surface area contributed by atoms with Crippen LogP contribution in [0.5, 0.6) is 0 Å². The zero-order chi connectivity index (χ0) is 8.23. The Morgan fingerprint density at radius 3 is 3.08 bits per heavy atom. The third-order valence-electron chi connectivity index (χ3n) is 1.39. The SMILES string of the molecule is c1c[nH]c(CNc2ncn[nH]2)n1. The Labute approximate surface area is 68.4 Å². The van der Waals surface area contributed by atoms with Gasteiger partial charge < -0.3 is 10.3 Å². The first-order valence-corrected chi connectivity index (χ1v) is 3.52. The number of anilines is 1. The van der Waals surface area contributed by atoms with Crippen LogP contribution in [0.3, 0.4) is 0 Å². The van der Waals surface area contributed by atoms with E-state index in [0.29, 0.717) is 12.5 Å². The topological polar surface area (TPSA) is 82.3 Å². The molecule has 62 valence electrons. The van der Waals surface area contributed by atoms with Crippen LogP contribution in [-0.2, 0) is 6.54 Å². The highest BCUT2D eigenvalue weighted by Crippen LogP contribution is 1.95. The molecule has 0 spiro atoms. The van der Waals surface area contributed by atoms with Gasteiger partial charge in [-0.25, -0.2) is 15.1 Å². The molecule has 0 saturated heterocycles. The minimum absolute atomic E-state index is 0.613. The molecular weight excluding hydrogens is 156 g/mol. The van der Waals surface area contributed by atoms with Crippen LogP contribution in [0.2, 0.25) is 0 Å². The van der Waals surface area contributed by atoms with Gasteiger partial charge in [-0.1, -0.05) is 0 Å². The minimum Gasteiger partial charge on any atom is -0.347 e. The van der Waals surface area contributed by atoms with E-state index >= 15 is 0 Å². The number of hydrogen-bond acceptors (Lipinski definition) is 4. The Morgan fingerprint density at radius 1 is 1.42 bits per heavy atom. The molecule has 3 N–H and O–H groups in total. The van der Waals surface area contributed by atoms with Gasteiger partial charge in [-0.05, 0) is 0 Å². The van der Waals surface area contributed by atoms with Crippen LogP contribution in [-0.4, -0.2) is 25.1 Å². The number of aromatic nitrogens is 5. The van der Waals surface area contributed by atoms with Gasteiger partial charge in [0.25, 0.3) is 0 Å². The normalized spacial score (nSPS) is 10.0. The molecule has 0 atom stereocenters. The zero-order valence-corrected chi connectivity index (χ0v) is 6.28. The summed E-state index contributed by atoms with van der Waals surface area (Å²) >= 11 is 0. The van der Waals surface area contributed by atoms with Gasteiger partial charge in [0.05, 0.1) is 6.54 Å². The van der Waals surface area contributed by atoms with Gasteiger partial charge in [0.1, 0.15) is 12.2 Å². The van der Waals surface area contributed by atoms with Crippen molar-refractivity contribution < 1.29 is 0 Å². The lowest BCUT2D eigenvalue weighted by Crippen LogP contribution is -2.02. The van der Waals surface area contributed by atoms with Crippen molar-refractivity contribution in [3.8, 4) is 0 Å². The summed E-state index contributed by atoms with van der Waals surface area (Å²) in [5.74, 6) is 1.51. The van der Waals surface area contributed by atoms with Crippen LogP contribution in [0, 0.1) is 0 Å². The summed E-state index contributed by atoms with van der Waals surface area (Å²) in [5, 5.41) is 9.38. The Bertz CT molecular complexity index is 275. The molecular formula is C6H8N6. The number of nitrogens with zero attached hydrogens (tertiary/aromatic N) is 3. The van der Waals surface area contributed by atoms with Gasteiger partial charge >= 0.3 is 0 Å². The molecule has 2 heterocycles. The van der Waals surface area contributed by atoms with Gasteiger partial charge in [0, 0.05) is 12.4 Å². The maximum Gasteiger partial charge on any atom is 0.218 e. The van der Waals surface area contributed by atoms with E-state index in [1.165, 1.54) is 6.33 Å². The average Bonchev–Trinajstić information content (AvgIpc) is 2.74. The lowest BCUT2D eigenvalue weighted by molar-refractivity contribution is 0.969. The molecule has 0 amide bonds. The molecule has 2 rings (SSSR count). The predicted octanol–water partition coefficient (Wildman–Crippen LogP) is 0.140. The van der Waals surface area contributed by atoms with Gasteiger partial charge in [-0.15, -0.1) is 0 Å². The van der Waals surface area contributed by atoms with Crippen LogP contribution in [0.25, 0.3) is 0 Å². The fourth-order valence-electron chi connectivity index (χ4n) is 0.853. The summed E-state index contributed by atoms with van der Waals surface area (Å²) in [6.07, 6.45) is 4.93. The summed E-state index contributed by atoms with van der Waals surface area (Å²) in [7, 11) is 0. The van der Waals surface area contributed by atoms with E-state index in [2.05, 4.69) is 30.5 Å². The van der Waals surface area contributed by atoms with Crippen molar-refractivity contribution in [3.63, 3.8) is 0 Å². The third-order valence-corrected chi connectivity index (χ3v) is 1.39. The Kier molecular flexibility index (Phi) is 1.73. The highest BCUT2D eigenvalue weighted by Gasteiger charge is 1.95. The van der Waals surface area contributed by atoms with Gasteiger partial charge in [-0.3, -0.25) is 0 Å². The molecule has 2 aromatic heterocycles.